The Balaban J connectivity index is 0.00000480. The molecular formula is C23H44IN5OS. The van der Waals surface area contributed by atoms with Crippen LogP contribution in [0.25, 0.3) is 0 Å². The van der Waals surface area contributed by atoms with Crippen molar-refractivity contribution in [2.45, 2.75) is 72.8 Å². The van der Waals surface area contributed by atoms with Gasteiger partial charge in [0.1, 0.15) is 0 Å². The first-order valence-electron chi connectivity index (χ1n) is 11.9. The van der Waals surface area contributed by atoms with Gasteiger partial charge in [0.05, 0.1) is 10.7 Å². The summed E-state index contributed by atoms with van der Waals surface area (Å²) in [5.41, 5.74) is 1.34. The molecule has 31 heavy (non-hydrogen) atoms. The fourth-order valence-corrected chi connectivity index (χ4v) is 4.87. The molecule has 0 aromatic carbocycles. The SMILES string of the molecule is CCNC(=NCC(CC)(CC)CCO)NCC1CCN(Cc2csc(CC)n2)CC1.I. The van der Waals surface area contributed by atoms with Gasteiger partial charge in [0.2, 0.25) is 0 Å². The van der Waals surface area contributed by atoms with Gasteiger partial charge in [-0.3, -0.25) is 9.89 Å². The molecule has 6 nitrogen and oxygen atoms in total. The van der Waals surface area contributed by atoms with Gasteiger partial charge < -0.3 is 15.7 Å². The highest BCUT2D eigenvalue weighted by Crippen LogP contribution is 2.30. The van der Waals surface area contributed by atoms with Crippen molar-refractivity contribution in [1.29, 1.82) is 0 Å². The van der Waals surface area contributed by atoms with Crippen LogP contribution >= 0.6 is 35.3 Å². The summed E-state index contributed by atoms with van der Waals surface area (Å²) in [6.45, 7) is 14.8. The molecule has 0 spiro atoms. The number of aliphatic hydroxyl groups is 1. The lowest BCUT2D eigenvalue weighted by molar-refractivity contribution is 0.174. The summed E-state index contributed by atoms with van der Waals surface area (Å²) in [6.07, 6.45) is 6.38. The van der Waals surface area contributed by atoms with Crippen LogP contribution in [0, 0.1) is 11.3 Å². The van der Waals surface area contributed by atoms with Gasteiger partial charge in [-0.2, -0.15) is 0 Å². The van der Waals surface area contributed by atoms with Crippen molar-refractivity contribution in [3.63, 3.8) is 0 Å². The Kier molecular flexibility index (Phi) is 14.2. The average molecular weight is 566 g/mol. The van der Waals surface area contributed by atoms with Crippen molar-refractivity contribution in [1.82, 2.24) is 20.5 Å². The molecule has 0 atom stereocenters. The van der Waals surface area contributed by atoms with Crippen LogP contribution in [0.1, 0.15) is 70.5 Å². The van der Waals surface area contributed by atoms with E-state index in [1.165, 1.54) is 23.5 Å². The van der Waals surface area contributed by atoms with Crippen LogP contribution in [0.4, 0.5) is 0 Å². The van der Waals surface area contributed by atoms with Gasteiger partial charge in [-0.05, 0) is 69.9 Å². The first-order valence-corrected chi connectivity index (χ1v) is 12.7. The third kappa shape index (κ3) is 9.52. The van der Waals surface area contributed by atoms with Crippen LogP contribution in [0.15, 0.2) is 10.4 Å². The second-order valence-corrected chi connectivity index (χ2v) is 9.51. The Labute approximate surface area is 210 Å². The van der Waals surface area contributed by atoms with Crippen molar-refractivity contribution >= 4 is 41.3 Å². The summed E-state index contributed by atoms with van der Waals surface area (Å²) in [6, 6.07) is 0. The maximum absolute atomic E-state index is 9.45. The Morgan fingerprint density at radius 3 is 2.48 bits per heavy atom. The number of aromatic nitrogens is 1. The van der Waals surface area contributed by atoms with E-state index in [1.807, 2.05) is 0 Å². The lowest BCUT2D eigenvalue weighted by atomic mass is 9.79. The third-order valence-corrected chi connectivity index (χ3v) is 7.65. The highest BCUT2D eigenvalue weighted by molar-refractivity contribution is 14.0. The van der Waals surface area contributed by atoms with E-state index in [0.29, 0.717) is 5.92 Å². The lowest BCUT2D eigenvalue weighted by Crippen LogP contribution is -2.43. The zero-order chi connectivity index (χ0) is 21.8. The van der Waals surface area contributed by atoms with Crippen LogP contribution in [0.3, 0.4) is 0 Å². The predicted molar refractivity (Wildman–Crippen MR) is 144 cm³/mol. The Morgan fingerprint density at radius 1 is 1.23 bits per heavy atom. The summed E-state index contributed by atoms with van der Waals surface area (Å²) in [7, 11) is 0. The van der Waals surface area contributed by atoms with E-state index in [4.69, 9.17) is 9.98 Å². The van der Waals surface area contributed by atoms with Crippen molar-refractivity contribution in [3.8, 4) is 0 Å². The number of nitrogens with one attached hydrogen (secondary N) is 2. The summed E-state index contributed by atoms with van der Waals surface area (Å²) in [5.74, 6) is 1.60. The van der Waals surface area contributed by atoms with E-state index in [-0.39, 0.29) is 36.0 Å². The number of hydrogen-bond donors (Lipinski definition) is 3. The van der Waals surface area contributed by atoms with Gasteiger partial charge >= 0.3 is 0 Å². The number of thiazole rings is 1. The van der Waals surface area contributed by atoms with Crippen LogP contribution < -0.4 is 10.6 Å². The first kappa shape index (κ1) is 28.6. The number of rotatable bonds is 12. The number of halogens is 1. The fraction of sp³-hybridized carbons (Fsp3) is 0.826. The number of aryl methyl sites for hydroxylation is 1. The Bertz CT molecular complexity index is 627. The number of likely N-dealkylation sites (tertiary alicyclic amines) is 1. The molecule has 1 aliphatic rings. The summed E-state index contributed by atoms with van der Waals surface area (Å²) >= 11 is 1.79. The van der Waals surface area contributed by atoms with Crippen LogP contribution in [-0.4, -0.2) is 60.3 Å². The molecule has 0 saturated carbocycles. The number of nitrogens with zero attached hydrogens (tertiary/aromatic N) is 3. The zero-order valence-electron chi connectivity index (χ0n) is 20.0. The van der Waals surface area contributed by atoms with Gasteiger partial charge in [-0.25, -0.2) is 4.98 Å². The van der Waals surface area contributed by atoms with E-state index in [9.17, 15) is 5.11 Å². The summed E-state index contributed by atoms with van der Waals surface area (Å²) in [5, 5.41) is 19.9. The molecule has 1 aliphatic heterocycles. The predicted octanol–water partition coefficient (Wildman–Crippen LogP) is 4.28. The molecule has 0 radical (unpaired) electrons. The molecule has 0 unspecified atom stereocenters. The Hall–Kier alpha value is -0.450. The molecular weight excluding hydrogens is 521 g/mol. The van der Waals surface area contributed by atoms with Crippen molar-refractivity contribution in [3.05, 3.63) is 16.1 Å². The normalized spacial score (nSPS) is 16.2. The van der Waals surface area contributed by atoms with Gasteiger partial charge in [-0.15, -0.1) is 35.3 Å². The van der Waals surface area contributed by atoms with Crippen LogP contribution in [0.5, 0.6) is 0 Å². The van der Waals surface area contributed by atoms with Gasteiger partial charge in [0.15, 0.2) is 5.96 Å². The third-order valence-electron chi connectivity index (χ3n) is 6.61. The number of piperidine rings is 1. The number of aliphatic hydroxyl groups excluding tert-OH is 1. The highest BCUT2D eigenvalue weighted by atomic mass is 127. The molecule has 1 saturated heterocycles. The number of guanidine groups is 1. The number of aliphatic imine (C=N–C) groups is 1. The smallest absolute Gasteiger partial charge is 0.191 e. The minimum atomic E-state index is 0. The molecule has 1 aromatic rings. The topological polar surface area (TPSA) is 72.8 Å². The second kappa shape index (κ2) is 15.4. The van der Waals surface area contributed by atoms with E-state index in [0.717, 1.165) is 70.9 Å². The maximum atomic E-state index is 9.45. The molecule has 0 bridgehead atoms. The quantitative estimate of drug-likeness (QED) is 0.201. The monoisotopic (exact) mass is 565 g/mol. The highest BCUT2D eigenvalue weighted by Gasteiger charge is 2.25. The van der Waals surface area contributed by atoms with Crippen molar-refractivity contribution in [2.24, 2.45) is 16.3 Å². The van der Waals surface area contributed by atoms with Gasteiger partial charge in [0.25, 0.3) is 0 Å². The van der Waals surface area contributed by atoms with Gasteiger partial charge in [-0.1, -0.05) is 20.8 Å². The molecule has 3 N–H and O–H groups in total. The fourth-order valence-electron chi connectivity index (χ4n) is 4.13. The Morgan fingerprint density at radius 2 is 1.94 bits per heavy atom. The van der Waals surface area contributed by atoms with E-state index in [2.05, 4.69) is 48.6 Å². The first-order chi connectivity index (χ1) is 14.6. The number of hydrogen-bond acceptors (Lipinski definition) is 5. The van der Waals surface area contributed by atoms with Crippen molar-refractivity contribution in [2.75, 3.05) is 39.3 Å². The summed E-state index contributed by atoms with van der Waals surface area (Å²) < 4.78 is 0. The molecule has 0 amide bonds. The summed E-state index contributed by atoms with van der Waals surface area (Å²) in [4.78, 5) is 12.1. The largest absolute Gasteiger partial charge is 0.396 e. The average Bonchev–Trinajstić information content (AvgIpc) is 3.23. The molecule has 1 fully saturated rings. The van der Waals surface area contributed by atoms with E-state index >= 15 is 0 Å². The molecule has 180 valence electrons. The standard InChI is InChI=1S/C23H43N5OS.HI/c1-5-21-27-20(17-30-21)16-28-12-9-19(10-13-28)15-25-22(24-8-4)26-18-23(6-2,7-3)11-14-29;/h17,19,29H,5-16,18H2,1-4H3,(H2,24,25,26);1H. The van der Waals surface area contributed by atoms with E-state index < -0.39 is 0 Å². The molecule has 2 rings (SSSR count). The lowest BCUT2D eigenvalue weighted by Gasteiger charge is -2.32. The minimum absolute atomic E-state index is 0. The maximum Gasteiger partial charge on any atom is 0.191 e. The van der Waals surface area contributed by atoms with Crippen LogP contribution in [0.2, 0.25) is 0 Å². The molecule has 2 heterocycles. The minimum Gasteiger partial charge on any atom is -0.396 e. The zero-order valence-corrected chi connectivity index (χ0v) is 23.1. The molecule has 0 aliphatic carbocycles. The van der Waals surface area contributed by atoms with E-state index in [1.54, 1.807) is 11.3 Å². The molecule has 1 aromatic heterocycles. The molecule has 8 heteroatoms. The van der Waals surface area contributed by atoms with Crippen LogP contribution in [-0.2, 0) is 13.0 Å². The van der Waals surface area contributed by atoms with Crippen molar-refractivity contribution < 1.29 is 5.11 Å². The second-order valence-electron chi connectivity index (χ2n) is 8.56. The van der Waals surface area contributed by atoms with Gasteiger partial charge in [0, 0.05) is 38.2 Å².